The number of aryl methyl sites for hydroxylation is 1. The summed E-state index contributed by atoms with van der Waals surface area (Å²) in [4.78, 5) is 4.55. The number of rotatable bonds is 4. The second kappa shape index (κ2) is 6.26. The van der Waals surface area contributed by atoms with Gasteiger partial charge in [-0.1, -0.05) is 29.4 Å². The monoisotopic (exact) mass is 334 g/mol. The van der Waals surface area contributed by atoms with Gasteiger partial charge in [0.2, 0.25) is 0 Å². The Hall–Kier alpha value is -1.23. The normalized spacial score (nSPS) is 11.0. The molecule has 0 unspecified atom stereocenters. The molecule has 2 aromatic carbocycles. The van der Waals surface area contributed by atoms with Gasteiger partial charge in [0.25, 0.3) is 0 Å². The molecule has 3 rings (SSSR count). The summed E-state index contributed by atoms with van der Waals surface area (Å²) < 4.78 is 2.33. The Morgan fingerprint density at radius 3 is 2.86 bits per heavy atom. The van der Waals surface area contributed by atoms with Gasteiger partial charge in [0, 0.05) is 17.3 Å². The van der Waals surface area contributed by atoms with Crippen molar-refractivity contribution in [3.05, 3.63) is 52.5 Å². The van der Waals surface area contributed by atoms with Gasteiger partial charge in [-0.3, -0.25) is 0 Å². The lowest BCUT2D eigenvalue weighted by molar-refractivity contribution is 1.12. The van der Waals surface area contributed by atoms with Crippen molar-refractivity contribution >= 4 is 50.6 Å². The Labute approximate surface area is 137 Å². The highest BCUT2D eigenvalue weighted by Gasteiger charge is 2.04. The number of thioether (sulfide) groups is 1. The summed E-state index contributed by atoms with van der Waals surface area (Å²) in [5.41, 5.74) is 4.65. The van der Waals surface area contributed by atoms with Crippen LogP contribution in [-0.2, 0) is 6.54 Å². The van der Waals surface area contributed by atoms with E-state index in [0.717, 1.165) is 27.1 Å². The van der Waals surface area contributed by atoms with Crippen molar-refractivity contribution < 1.29 is 0 Å². The molecule has 0 spiro atoms. The van der Waals surface area contributed by atoms with Crippen LogP contribution in [0.2, 0.25) is 5.02 Å². The third kappa shape index (κ3) is 3.34. The zero-order chi connectivity index (χ0) is 14.8. The summed E-state index contributed by atoms with van der Waals surface area (Å²) in [5.74, 6) is 0. The fourth-order valence-corrected chi connectivity index (χ4v) is 3.91. The predicted molar refractivity (Wildman–Crippen MR) is 94.9 cm³/mol. The molecule has 1 aromatic heterocycles. The molecular weight excluding hydrogens is 320 g/mol. The van der Waals surface area contributed by atoms with Crippen LogP contribution in [-0.4, -0.2) is 11.2 Å². The average molecular weight is 335 g/mol. The third-order valence-electron chi connectivity index (χ3n) is 3.33. The molecule has 21 heavy (non-hydrogen) atoms. The number of thiazole rings is 1. The van der Waals surface area contributed by atoms with Crippen molar-refractivity contribution in [2.75, 3.05) is 11.6 Å². The number of aromatic nitrogens is 1. The van der Waals surface area contributed by atoms with Gasteiger partial charge in [0.15, 0.2) is 4.34 Å². The predicted octanol–water partition coefficient (Wildman–Crippen LogP) is 5.59. The van der Waals surface area contributed by atoms with Crippen LogP contribution in [0, 0.1) is 6.92 Å². The Morgan fingerprint density at radius 1 is 1.24 bits per heavy atom. The summed E-state index contributed by atoms with van der Waals surface area (Å²) in [5, 5.41) is 4.25. The zero-order valence-corrected chi connectivity index (χ0v) is 14.2. The van der Waals surface area contributed by atoms with E-state index in [4.69, 9.17) is 11.6 Å². The van der Waals surface area contributed by atoms with Gasteiger partial charge >= 0.3 is 0 Å². The van der Waals surface area contributed by atoms with Crippen molar-refractivity contribution in [1.82, 2.24) is 4.98 Å². The quantitative estimate of drug-likeness (QED) is 0.629. The summed E-state index contributed by atoms with van der Waals surface area (Å²) in [7, 11) is 0. The van der Waals surface area contributed by atoms with Crippen molar-refractivity contribution in [2.45, 2.75) is 17.8 Å². The molecule has 1 N–H and O–H groups in total. The van der Waals surface area contributed by atoms with E-state index in [1.165, 1.54) is 15.8 Å². The second-order valence-electron chi connectivity index (χ2n) is 4.79. The summed E-state index contributed by atoms with van der Waals surface area (Å²) in [6.45, 7) is 2.88. The minimum atomic E-state index is 0.784. The topological polar surface area (TPSA) is 24.9 Å². The fourth-order valence-electron chi connectivity index (χ4n) is 2.16. The molecular formula is C16H15ClN2S2. The van der Waals surface area contributed by atoms with Crippen LogP contribution in [0.3, 0.4) is 0 Å². The molecule has 108 valence electrons. The van der Waals surface area contributed by atoms with E-state index in [-0.39, 0.29) is 0 Å². The van der Waals surface area contributed by atoms with E-state index in [2.05, 4.69) is 47.7 Å². The van der Waals surface area contributed by atoms with Gasteiger partial charge in [0.1, 0.15) is 0 Å². The van der Waals surface area contributed by atoms with E-state index in [0.29, 0.717) is 0 Å². The van der Waals surface area contributed by atoms with Crippen LogP contribution in [0.15, 0.2) is 40.7 Å². The first-order chi connectivity index (χ1) is 10.2. The van der Waals surface area contributed by atoms with Crippen LogP contribution in [0.5, 0.6) is 0 Å². The lowest BCUT2D eigenvalue weighted by Crippen LogP contribution is -2.00. The van der Waals surface area contributed by atoms with Crippen LogP contribution in [0.25, 0.3) is 10.2 Å². The molecule has 0 aliphatic heterocycles. The Bertz CT molecular complexity index is 783. The Balaban J connectivity index is 1.78. The van der Waals surface area contributed by atoms with Crippen LogP contribution in [0.4, 0.5) is 5.69 Å². The molecule has 0 saturated heterocycles. The number of hydrogen-bond donors (Lipinski definition) is 1. The fraction of sp³-hybridized carbons (Fsp3) is 0.188. The number of nitrogens with zero attached hydrogens (tertiary/aromatic N) is 1. The maximum Gasteiger partial charge on any atom is 0.150 e. The Kier molecular flexibility index (Phi) is 4.38. The van der Waals surface area contributed by atoms with Crippen molar-refractivity contribution in [3.63, 3.8) is 0 Å². The highest BCUT2D eigenvalue weighted by Crippen LogP contribution is 2.30. The van der Waals surface area contributed by atoms with Gasteiger partial charge in [0.05, 0.1) is 10.2 Å². The molecule has 0 atom stereocenters. The lowest BCUT2D eigenvalue weighted by Gasteiger charge is -2.09. The highest BCUT2D eigenvalue weighted by atomic mass is 35.5. The number of benzene rings is 2. The summed E-state index contributed by atoms with van der Waals surface area (Å²) >= 11 is 9.41. The van der Waals surface area contributed by atoms with Gasteiger partial charge in [-0.2, -0.15) is 0 Å². The smallest absolute Gasteiger partial charge is 0.150 e. The van der Waals surface area contributed by atoms with E-state index in [1.807, 2.05) is 12.1 Å². The van der Waals surface area contributed by atoms with Crippen LogP contribution >= 0.6 is 34.7 Å². The number of nitrogens with one attached hydrogen (secondary N) is 1. The van der Waals surface area contributed by atoms with Gasteiger partial charge in [-0.25, -0.2) is 4.98 Å². The number of halogens is 1. The molecule has 5 heteroatoms. The molecule has 0 aliphatic carbocycles. The third-order valence-corrected chi connectivity index (χ3v) is 5.57. The molecule has 0 radical (unpaired) electrons. The number of hydrogen-bond acceptors (Lipinski definition) is 4. The first-order valence-corrected chi connectivity index (χ1v) is 9.01. The SMILES string of the molecule is CSc1nc2ccc(NCc3ccc(Cl)cc3C)cc2s1. The highest BCUT2D eigenvalue weighted by molar-refractivity contribution is 8.00. The van der Waals surface area contributed by atoms with Gasteiger partial charge < -0.3 is 5.32 Å². The van der Waals surface area contributed by atoms with E-state index in [1.54, 1.807) is 23.1 Å². The maximum absolute atomic E-state index is 5.99. The second-order valence-corrected chi connectivity index (χ2v) is 7.31. The molecule has 1 heterocycles. The van der Waals surface area contributed by atoms with E-state index >= 15 is 0 Å². The van der Waals surface area contributed by atoms with Crippen LogP contribution in [0.1, 0.15) is 11.1 Å². The van der Waals surface area contributed by atoms with Crippen molar-refractivity contribution in [3.8, 4) is 0 Å². The molecule has 3 aromatic rings. The maximum atomic E-state index is 5.99. The summed E-state index contributed by atoms with van der Waals surface area (Å²) in [6.07, 6.45) is 2.06. The zero-order valence-electron chi connectivity index (χ0n) is 11.8. The Morgan fingerprint density at radius 2 is 2.10 bits per heavy atom. The molecule has 0 fully saturated rings. The first kappa shape index (κ1) is 14.7. The van der Waals surface area contributed by atoms with E-state index < -0.39 is 0 Å². The van der Waals surface area contributed by atoms with Gasteiger partial charge in [-0.05, 0) is 54.6 Å². The van der Waals surface area contributed by atoms with Crippen molar-refractivity contribution in [1.29, 1.82) is 0 Å². The van der Waals surface area contributed by atoms with Crippen molar-refractivity contribution in [2.24, 2.45) is 0 Å². The average Bonchev–Trinajstić information content (AvgIpc) is 2.88. The molecule has 2 nitrogen and oxygen atoms in total. The molecule has 0 saturated carbocycles. The minimum Gasteiger partial charge on any atom is -0.381 e. The standard InChI is InChI=1S/C16H15ClN2S2/c1-10-7-12(17)4-3-11(10)9-18-13-5-6-14-15(8-13)21-16(19-14)20-2/h3-8,18H,9H2,1-2H3. The lowest BCUT2D eigenvalue weighted by atomic mass is 10.1. The summed E-state index contributed by atoms with van der Waals surface area (Å²) in [6, 6.07) is 12.3. The molecule has 0 aliphatic rings. The molecule has 0 bridgehead atoms. The van der Waals surface area contributed by atoms with Crippen LogP contribution < -0.4 is 5.32 Å². The first-order valence-electron chi connectivity index (χ1n) is 6.59. The largest absolute Gasteiger partial charge is 0.381 e. The van der Waals surface area contributed by atoms with Gasteiger partial charge in [-0.15, -0.1) is 11.3 Å². The minimum absolute atomic E-state index is 0.784. The number of fused-ring (bicyclic) bond motifs is 1. The van der Waals surface area contributed by atoms with E-state index in [9.17, 15) is 0 Å². The number of anilines is 1. The molecule has 0 amide bonds.